The van der Waals surface area contributed by atoms with Gasteiger partial charge in [-0.2, -0.15) is 5.10 Å². The summed E-state index contributed by atoms with van der Waals surface area (Å²) in [4.78, 5) is 17.3. The van der Waals surface area contributed by atoms with E-state index in [-0.39, 0.29) is 5.91 Å². The molecule has 21 heavy (non-hydrogen) atoms. The molecule has 1 N–H and O–H groups in total. The van der Waals surface area contributed by atoms with Crippen molar-refractivity contribution < 1.29 is 4.79 Å². The summed E-state index contributed by atoms with van der Waals surface area (Å²) in [7, 11) is 2.14. The number of benzene rings is 1. The van der Waals surface area contributed by atoms with Crippen LogP contribution in [0.1, 0.15) is 23.3 Å². The molecule has 2 aliphatic rings. The second-order valence-electron chi connectivity index (χ2n) is 6.28. The predicted molar refractivity (Wildman–Crippen MR) is 81.1 cm³/mol. The van der Waals surface area contributed by atoms with Crippen LogP contribution in [-0.4, -0.2) is 58.6 Å². The average Bonchev–Trinajstić information content (AvgIpc) is 3.10. The van der Waals surface area contributed by atoms with Crippen LogP contribution in [0.4, 0.5) is 0 Å². The highest BCUT2D eigenvalue weighted by Crippen LogP contribution is 2.32. The molecule has 2 aromatic rings. The number of likely N-dealkylation sites (tertiary alicyclic amines) is 2. The maximum Gasteiger partial charge on any atom is 0.275 e. The van der Waals surface area contributed by atoms with Gasteiger partial charge in [0.2, 0.25) is 0 Å². The quantitative estimate of drug-likeness (QED) is 0.867. The Labute approximate surface area is 123 Å². The van der Waals surface area contributed by atoms with Crippen molar-refractivity contribution in [3.63, 3.8) is 0 Å². The number of hydrogen-bond donors (Lipinski definition) is 1. The molecule has 2 fully saturated rings. The van der Waals surface area contributed by atoms with Crippen LogP contribution in [0.15, 0.2) is 24.3 Å². The lowest BCUT2D eigenvalue weighted by atomic mass is 9.92. The summed E-state index contributed by atoms with van der Waals surface area (Å²) in [5.41, 5.74) is 1.50. The molecule has 0 aliphatic carbocycles. The fourth-order valence-corrected chi connectivity index (χ4v) is 3.81. The van der Waals surface area contributed by atoms with Gasteiger partial charge in [-0.25, -0.2) is 0 Å². The number of H-pyrrole nitrogens is 1. The summed E-state index contributed by atoms with van der Waals surface area (Å²) in [6.07, 6.45) is 2.33. The van der Waals surface area contributed by atoms with Gasteiger partial charge < -0.3 is 9.80 Å². The summed E-state index contributed by atoms with van der Waals surface area (Å²) in [6, 6.07) is 8.19. The molecule has 2 unspecified atom stereocenters. The van der Waals surface area contributed by atoms with Gasteiger partial charge in [0.05, 0.1) is 5.52 Å². The SMILES string of the molecule is CN1CCC2CCN(C(=O)c3n[nH]c4ccccc34)C2C1. The third-order valence-electron chi connectivity index (χ3n) is 5.00. The third-order valence-corrected chi connectivity index (χ3v) is 5.00. The minimum atomic E-state index is 0.0789. The van der Waals surface area contributed by atoms with Crippen LogP contribution < -0.4 is 0 Å². The zero-order valence-corrected chi connectivity index (χ0v) is 12.2. The fraction of sp³-hybridized carbons (Fsp3) is 0.500. The molecule has 110 valence electrons. The maximum atomic E-state index is 12.9. The fourth-order valence-electron chi connectivity index (χ4n) is 3.81. The molecule has 0 radical (unpaired) electrons. The zero-order chi connectivity index (χ0) is 14.4. The molecule has 2 aliphatic heterocycles. The highest BCUT2D eigenvalue weighted by atomic mass is 16.2. The standard InChI is InChI=1S/C16H20N4O/c1-19-8-6-11-7-9-20(14(11)10-19)16(21)15-12-4-2-3-5-13(12)17-18-15/h2-5,11,14H,6-10H2,1H3,(H,17,18). The van der Waals surface area contributed by atoms with Gasteiger partial charge in [-0.3, -0.25) is 9.89 Å². The minimum absolute atomic E-state index is 0.0789. The van der Waals surface area contributed by atoms with E-state index in [1.165, 1.54) is 6.42 Å². The molecular formula is C16H20N4O. The predicted octanol–water partition coefficient (Wildman–Crippen LogP) is 1.73. The van der Waals surface area contributed by atoms with Gasteiger partial charge in [-0.1, -0.05) is 18.2 Å². The zero-order valence-electron chi connectivity index (χ0n) is 12.2. The first-order chi connectivity index (χ1) is 10.2. The van der Waals surface area contributed by atoms with E-state index in [1.54, 1.807) is 0 Å². The van der Waals surface area contributed by atoms with Crippen molar-refractivity contribution in [2.45, 2.75) is 18.9 Å². The largest absolute Gasteiger partial charge is 0.333 e. The van der Waals surface area contributed by atoms with E-state index in [4.69, 9.17) is 0 Å². The number of para-hydroxylation sites is 1. The van der Waals surface area contributed by atoms with E-state index >= 15 is 0 Å². The molecule has 5 heteroatoms. The van der Waals surface area contributed by atoms with Crippen LogP contribution in [0.2, 0.25) is 0 Å². The van der Waals surface area contributed by atoms with Gasteiger partial charge in [0.25, 0.3) is 5.91 Å². The van der Waals surface area contributed by atoms with Gasteiger partial charge in [-0.05, 0) is 38.4 Å². The number of rotatable bonds is 1. The number of amides is 1. The van der Waals surface area contributed by atoms with Crippen molar-refractivity contribution in [3.8, 4) is 0 Å². The first kappa shape index (κ1) is 12.8. The average molecular weight is 284 g/mol. The summed E-state index contributed by atoms with van der Waals surface area (Å²) in [5.74, 6) is 0.741. The molecule has 1 amide bonds. The number of carbonyl (C=O) groups is 1. The summed E-state index contributed by atoms with van der Waals surface area (Å²) >= 11 is 0. The number of likely N-dealkylation sites (N-methyl/N-ethyl adjacent to an activating group) is 1. The molecule has 2 saturated heterocycles. The molecule has 1 aromatic heterocycles. The first-order valence-electron chi connectivity index (χ1n) is 7.66. The monoisotopic (exact) mass is 284 g/mol. The smallest absolute Gasteiger partial charge is 0.275 e. The number of piperidine rings is 1. The van der Waals surface area contributed by atoms with Crippen LogP contribution in [0.3, 0.4) is 0 Å². The number of aromatic nitrogens is 2. The Morgan fingerprint density at radius 3 is 3.00 bits per heavy atom. The van der Waals surface area contributed by atoms with Gasteiger partial charge in [0.1, 0.15) is 0 Å². The van der Waals surface area contributed by atoms with E-state index in [0.717, 1.165) is 37.0 Å². The Hall–Kier alpha value is -1.88. The van der Waals surface area contributed by atoms with Crippen LogP contribution in [-0.2, 0) is 0 Å². The highest BCUT2D eigenvalue weighted by Gasteiger charge is 2.40. The van der Waals surface area contributed by atoms with Crippen molar-refractivity contribution in [2.75, 3.05) is 26.7 Å². The second-order valence-corrected chi connectivity index (χ2v) is 6.28. The van der Waals surface area contributed by atoms with E-state index in [1.807, 2.05) is 29.2 Å². The molecule has 4 rings (SSSR count). The molecule has 2 atom stereocenters. The molecule has 3 heterocycles. The summed E-state index contributed by atoms with van der Waals surface area (Å²) in [6.45, 7) is 3.00. The normalized spacial score (nSPS) is 26.2. The van der Waals surface area contributed by atoms with Crippen molar-refractivity contribution in [2.24, 2.45) is 5.92 Å². The lowest BCUT2D eigenvalue weighted by Gasteiger charge is -2.36. The summed E-state index contributed by atoms with van der Waals surface area (Å²) < 4.78 is 0. The number of aromatic amines is 1. The van der Waals surface area contributed by atoms with Crippen LogP contribution in [0.5, 0.6) is 0 Å². The third kappa shape index (κ3) is 2.03. The van der Waals surface area contributed by atoms with Crippen molar-refractivity contribution in [1.82, 2.24) is 20.0 Å². The van der Waals surface area contributed by atoms with Crippen molar-refractivity contribution in [3.05, 3.63) is 30.0 Å². The second kappa shape index (κ2) is 4.84. The van der Waals surface area contributed by atoms with Crippen LogP contribution in [0.25, 0.3) is 10.9 Å². The summed E-state index contributed by atoms with van der Waals surface area (Å²) in [5, 5.41) is 8.16. The molecule has 5 nitrogen and oxygen atoms in total. The number of nitrogens with one attached hydrogen (secondary N) is 1. The Balaban J connectivity index is 1.65. The Bertz CT molecular complexity index is 680. The number of carbonyl (C=O) groups excluding carboxylic acids is 1. The van der Waals surface area contributed by atoms with Crippen LogP contribution >= 0.6 is 0 Å². The van der Waals surface area contributed by atoms with Gasteiger partial charge in [-0.15, -0.1) is 0 Å². The molecule has 1 aromatic carbocycles. The maximum absolute atomic E-state index is 12.9. The first-order valence-corrected chi connectivity index (χ1v) is 7.66. The highest BCUT2D eigenvalue weighted by molar-refractivity contribution is 6.04. The minimum Gasteiger partial charge on any atom is -0.333 e. The van der Waals surface area contributed by atoms with Crippen molar-refractivity contribution in [1.29, 1.82) is 0 Å². The molecule has 0 bridgehead atoms. The number of fused-ring (bicyclic) bond motifs is 2. The lowest BCUT2D eigenvalue weighted by Crippen LogP contribution is -2.48. The Morgan fingerprint density at radius 1 is 1.29 bits per heavy atom. The Kier molecular flexibility index (Phi) is 2.96. The molecule has 0 spiro atoms. The van der Waals surface area contributed by atoms with E-state index in [9.17, 15) is 4.79 Å². The van der Waals surface area contributed by atoms with Gasteiger partial charge in [0.15, 0.2) is 5.69 Å². The molecule has 0 saturated carbocycles. The Morgan fingerprint density at radius 2 is 2.10 bits per heavy atom. The topological polar surface area (TPSA) is 52.2 Å². The lowest BCUT2D eigenvalue weighted by molar-refractivity contribution is 0.0627. The van der Waals surface area contributed by atoms with Gasteiger partial charge >= 0.3 is 0 Å². The van der Waals surface area contributed by atoms with E-state index < -0.39 is 0 Å². The van der Waals surface area contributed by atoms with Crippen molar-refractivity contribution >= 4 is 16.8 Å². The number of hydrogen-bond acceptors (Lipinski definition) is 3. The van der Waals surface area contributed by atoms with E-state index in [2.05, 4.69) is 22.1 Å². The van der Waals surface area contributed by atoms with Crippen LogP contribution in [0, 0.1) is 5.92 Å². The number of nitrogens with zero attached hydrogens (tertiary/aromatic N) is 3. The van der Waals surface area contributed by atoms with E-state index in [0.29, 0.717) is 17.7 Å². The molecular weight excluding hydrogens is 264 g/mol. The van der Waals surface area contributed by atoms with Gasteiger partial charge in [0, 0.05) is 24.5 Å².